The fraction of sp³-hybridized carbons (Fsp3) is 0.381. The number of anilines is 3. The molecule has 1 aromatic carbocycles. The largest absolute Gasteiger partial charge is 0.365 e. The average Bonchev–Trinajstić information content (AvgIpc) is 3.03. The van der Waals surface area contributed by atoms with Crippen LogP contribution in [0.5, 0.6) is 0 Å². The van der Waals surface area contributed by atoms with Gasteiger partial charge >= 0.3 is 0 Å². The summed E-state index contributed by atoms with van der Waals surface area (Å²) in [5, 5.41) is 11.3. The first-order valence-electron chi connectivity index (χ1n) is 9.87. The SMILES string of the molecule is CC(C)C[C@@H](Nc1nc(Nc2ccc3c(cnn3C)c2)c(C(N)=O)cc1F)[C@H](C)N. The molecule has 0 unspecified atom stereocenters. The quantitative estimate of drug-likeness (QED) is 0.450. The zero-order valence-electron chi connectivity index (χ0n) is 17.6. The highest BCUT2D eigenvalue weighted by atomic mass is 19.1. The van der Waals surface area contributed by atoms with Crippen molar-refractivity contribution in [2.24, 2.45) is 24.4 Å². The summed E-state index contributed by atoms with van der Waals surface area (Å²) >= 11 is 0. The van der Waals surface area contributed by atoms with Crippen molar-refractivity contribution in [1.82, 2.24) is 14.8 Å². The van der Waals surface area contributed by atoms with Crippen LogP contribution in [0.2, 0.25) is 0 Å². The van der Waals surface area contributed by atoms with Crippen molar-refractivity contribution in [1.29, 1.82) is 0 Å². The Hall–Kier alpha value is -3.20. The Kier molecular flexibility index (Phi) is 6.21. The number of nitrogens with two attached hydrogens (primary N) is 2. The molecule has 0 aliphatic carbocycles. The van der Waals surface area contributed by atoms with Gasteiger partial charge in [-0.2, -0.15) is 5.10 Å². The van der Waals surface area contributed by atoms with Gasteiger partial charge in [-0.3, -0.25) is 9.48 Å². The van der Waals surface area contributed by atoms with E-state index < -0.39 is 11.7 Å². The van der Waals surface area contributed by atoms with Gasteiger partial charge in [0.25, 0.3) is 5.91 Å². The summed E-state index contributed by atoms with van der Waals surface area (Å²) in [6, 6.07) is 6.30. The fourth-order valence-electron chi connectivity index (χ4n) is 3.34. The van der Waals surface area contributed by atoms with Crippen molar-refractivity contribution in [2.75, 3.05) is 10.6 Å². The summed E-state index contributed by atoms with van der Waals surface area (Å²) in [6.07, 6.45) is 2.48. The van der Waals surface area contributed by atoms with Crippen LogP contribution in [-0.4, -0.2) is 32.8 Å². The van der Waals surface area contributed by atoms with Gasteiger partial charge in [0.15, 0.2) is 11.6 Å². The number of benzene rings is 1. The van der Waals surface area contributed by atoms with E-state index in [-0.39, 0.29) is 29.3 Å². The summed E-state index contributed by atoms with van der Waals surface area (Å²) in [4.78, 5) is 16.2. The van der Waals surface area contributed by atoms with Crippen LogP contribution in [0.1, 0.15) is 37.6 Å². The molecule has 8 nitrogen and oxygen atoms in total. The second-order valence-electron chi connectivity index (χ2n) is 7.99. The third kappa shape index (κ3) is 4.68. The number of nitrogens with zero attached hydrogens (tertiary/aromatic N) is 3. The number of hydrogen-bond acceptors (Lipinski definition) is 6. The van der Waals surface area contributed by atoms with Crippen molar-refractivity contribution in [3.8, 4) is 0 Å². The van der Waals surface area contributed by atoms with Gasteiger partial charge in [0.2, 0.25) is 0 Å². The first-order valence-corrected chi connectivity index (χ1v) is 9.87. The summed E-state index contributed by atoms with van der Waals surface area (Å²) in [5.41, 5.74) is 13.1. The summed E-state index contributed by atoms with van der Waals surface area (Å²) < 4.78 is 16.4. The van der Waals surface area contributed by atoms with E-state index in [0.29, 0.717) is 11.6 Å². The highest BCUT2D eigenvalue weighted by Gasteiger charge is 2.21. The van der Waals surface area contributed by atoms with E-state index in [0.717, 1.165) is 23.4 Å². The highest BCUT2D eigenvalue weighted by molar-refractivity contribution is 5.99. The standard InChI is InChI=1S/C21H28FN7O/c1-11(2)7-17(12(3)23)27-21-16(22)9-15(19(24)30)20(28-21)26-14-5-6-18-13(8-14)10-25-29(18)4/h5-6,8-12,17H,7,23H2,1-4H3,(H2,24,30)(H2,26,27,28)/t12-,17+/m0/s1. The number of carbonyl (C=O) groups is 1. The van der Waals surface area contributed by atoms with Crippen LogP contribution in [0.3, 0.4) is 0 Å². The molecule has 2 heterocycles. The molecule has 6 N–H and O–H groups in total. The van der Waals surface area contributed by atoms with Gasteiger partial charge in [-0.05, 0) is 43.5 Å². The van der Waals surface area contributed by atoms with Crippen molar-refractivity contribution in [2.45, 2.75) is 39.3 Å². The molecule has 160 valence electrons. The van der Waals surface area contributed by atoms with Crippen molar-refractivity contribution < 1.29 is 9.18 Å². The van der Waals surface area contributed by atoms with Crippen LogP contribution in [0.4, 0.5) is 21.7 Å². The topological polar surface area (TPSA) is 124 Å². The second-order valence-corrected chi connectivity index (χ2v) is 7.99. The molecule has 0 aliphatic rings. The fourth-order valence-corrected chi connectivity index (χ4v) is 3.34. The summed E-state index contributed by atoms with van der Waals surface area (Å²) in [5.74, 6) is -0.879. The van der Waals surface area contributed by atoms with Crippen LogP contribution in [0.25, 0.3) is 10.9 Å². The minimum Gasteiger partial charge on any atom is -0.365 e. The molecule has 0 saturated heterocycles. The lowest BCUT2D eigenvalue weighted by atomic mass is 9.99. The first-order chi connectivity index (χ1) is 14.2. The number of aromatic nitrogens is 3. The van der Waals surface area contributed by atoms with Crippen molar-refractivity contribution in [3.05, 3.63) is 41.8 Å². The van der Waals surface area contributed by atoms with Gasteiger partial charge in [-0.25, -0.2) is 9.37 Å². The van der Waals surface area contributed by atoms with Crippen molar-refractivity contribution >= 4 is 34.1 Å². The molecule has 1 amide bonds. The van der Waals surface area contributed by atoms with E-state index in [2.05, 4.69) is 34.6 Å². The van der Waals surface area contributed by atoms with E-state index in [9.17, 15) is 9.18 Å². The number of nitrogens with one attached hydrogen (secondary N) is 2. The van der Waals surface area contributed by atoms with E-state index in [1.165, 1.54) is 0 Å². The minimum atomic E-state index is -0.774. The van der Waals surface area contributed by atoms with E-state index >= 15 is 0 Å². The number of primary amides is 1. The molecule has 2 aromatic heterocycles. The van der Waals surface area contributed by atoms with Crippen LogP contribution in [-0.2, 0) is 7.05 Å². The lowest BCUT2D eigenvalue weighted by Crippen LogP contribution is -2.39. The molecule has 3 rings (SSSR count). The number of rotatable bonds is 8. The molecule has 0 aliphatic heterocycles. The monoisotopic (exact) mass is 413 g/mol. The molecule has 9 heteroatoms. The van der Waals surface area contributed by atoms with E-state index in [4.69, 9.17) is 11.5 Å². The third-order valence-corrected chi connectivity index (χ3v) is 4.93. The second kappa shape index (κ2) is 8.66. The molecule has 0 saturated carbocycles. The Morgan fingerprint density at radius 1 is 1.23 bits per heavy atom. The molecule has 0 fully saturated rings. The van der Waals surface area contributed by atoms with Crippen LogP contribution in [0.15, 0.2) is 30.5 Å². The molecule has 0 bridgehead atoms. The van der Waals surface area contributed by atoms with Gasteiger partial charge in [-0.15, -0.1) is 0 Å². The number of hydrogen-bond donors (Lipinski definition) is 4. The molecular formula is C21H28FN7O. The lowest BCUT2D eigenvalue weighted by molar-refractivity contribution is 0.100. The van der Waals surface area contributed by atoms with Crippen LogP contribution >= 0.6 is 0 Å². The average molecular weight is 414 g/mol. The maximum Gasteiger partial charge on any atom is 0.252 e. The van der Waals surface area contributed by atoms with Crippen molar-refractivity contribution in [3.63, 3.8) is 0 Å². The molecule has 0 spiro atoms. The number of fused-ring (bicyclic) bond motifs is 1. The molecule has 30 heavy (non-hydrogen) atoms. The van der Waals surface area contributed by atoms with Gasteiger partial charge in [-0.1, -0.05) is 13.8 Å². The third-order valence-electron chi connectivity index (χ3n) is 4.93. The Morgan fingerprint density at radius 2 is 1.97 bits per heavy atom. The molecular weight excluding hydrogens is 385 g/mol. The Balaban J connectivity index is 1.96. The zero-order chi connectivity index (χ0) is 22.0. The van der Waals surface area contributed by atoms with E-state index in [1.54, 1.807) is 10.9 Å². The Bertz CT molecular complexity index is 1060. The summed E-state index contributed by atoms with van der Waals surface area (Å²) in [7, 11) is 1.85. The maximum absolute atomic E-state index is 14.7. The first kappa shape index (κ1) is 21.5. The number of aryl methyl sites for hydroxylation is 1. The van der Waals surface area contributed by atoms with E-state index in [1.807, 2.05) is 32.2 Å². The number of carbonyl (C=O) groups excluding carboxylic acids is 1. The lowest BCUT2D eigenvalue weighted by Gasteiger charge is -2.25. The Labute approximate surface area is 174 Å². The van der Waals surface area contributed by atoms with Gasteiger partial charge in [0.1, 0.15) is 5.82 Å². The van der Waals surface area contributed by atoms with Crippen LogP contribution < -0.4 is 22.1 Å². The molecule has 3 aromatic rings. The van der Waals surface area contributed by atoms with Crippen LogP contribution in [0, 0.1) is 11.7 Å². The number of pyridine rings is 1. The Morgan fingerprint density at radius 3 is 2.60 bits per heavy atom. The minimum absolute atomic E-state index is 0.0212. The predicted molar refractivity (Wildman–Crippen MR) is 117 cm³/mol. The summed E-state index contributed by atoms with van der Waals surface area (Å²) in [6.45, 7) is 6.00. The normalized spacial score (nSPS) is 13.4. The number of amides is 1. The van der Waals surface area contributed by atoms with Gasteiger partial charge in [0.05, 0.1) is 17.3 Å². The number of halogens is 1. The zero-order valence-corrected chi connectivity index (χ0v) is 17.6. The smallest absolute Gasteiger partial charge is 0.252 e. The molecule has 0 radical (unpaired) electrons. The van der Waals surface area contributed by atoms with Gasteiger partial charge in [0, 0.05) is 30.2 Å². The predicted octanol–water partition coefficient (Wildman–Crippen LogP) is 3.12. The maximum atomic E-state index is 14.7. The highest BCUT2D eigenvalue weighted by Crippen LogP contribution is 2.27. The van der Waals surface area contributed by atoms with Gasteiger partial charge < -0.3 is 22.1 Å². The molecule has 2 atom stereocenters.